The Balaban J connectivity index is 2.44. The summed E-state index contributed by atoms with van der Waals surface area (Å²) in [5, 5.41) is 3.28. The second kappa shape index (κ2) is 7.48. The maximum atomic E-state index is 12.2. The maximum absolute atomic E-state index is 12.2. The number of hydrogen-bond acceptors (Lipinski definition) is 3. The fourth-order valence-corrected chi connectivity index (χ4v) is 1.73. The number of hydrogen-bond donors (Lipinski definition) is 1. The van der Waals surface area contributed by atoms with Crippen LogP contribution in [0.3, 0.4) is 0 Å². The first-order chi connectivity index (χ1) is 8.49. The minimum atomic E-state index is -2.30. The molecule has 5 heteroatoms. The lowest BCUT2D eigenvalue weighted by Crippen LogP contribution is -2.25. The maximum Gasteiger partial charge on any atom is 0.251 e. The van der Waals surface area contributed by atoms with Gasteiger partial charge in [-0.15, -0.1) is 0 Å². The minimum absolute atomic E-state index is 0.218. The van der Waals surface area contributed by atoms with Crippen LogP contribution in [0.25, 0.3) is 0 Å². The number of nitrogens with one attached hydrogen (secondary N) is 1. The van der Waals surface area contributed by atoms with Crippen LogP contribution in [-0.2, 0) is 13.1 Å². The van der Waals surface area contributed by atoms with Crippen molar-refractivity contribution in [2.24, 2.45) is 5.92 Å². The van der Waals surface area contributed by atoms with Gasteiger partial charge in [0, 0.05) is 12.1 Å². The van der Waals surface area contributed by atoms with Gasteiger partial charge in [-0.25, -0.2) is 8.78 Å². The Labute approximate surface area is 107 Å². The molecule has 1 heterocycles. The van der Waals surface area contributed by atoms with E-state index in [0.717, 1.165) is 17.9 Å². The second-order valence-electron chi connectivity index (χ2n) is 4.98. The quantitative estimate of drug-likeness (QED) is 0.779. The first-order valence-corrected chi connectivity index (χ1v) is 6.21. The van der Waals surface area contributed by atoms with Gasteiger partial charge in [-0.3, -0.25) is 4.90 Å². The Morgan fingerprint density at radius 2 is 2.11 bits per heavy atom. The molecule has 0 fully saturated rings. The van der Waals surface area contributed by atoms with Gasteiger partial charge < -0.3 is 9.73 Å². The number of halogens is 2. The van der Waals surface area contributed by atoms with E-state index < -0.39 is 6.43 Å². The molecule has 18 heavy (non-hydrogen) atoms. The summed E-state index contributed by atoms with van der Waals surface area (Å²) in [7, 11) is 1.69. The Morgan fingerprint density at radius 3 is 2.72 bits per heavy atom. The summed E-state index contributed by atoms with van der Waals surface area (Å²) in [4.78, 5) is 1.60. The van der Waals surface area contributed by atoms with Gasteiger partial charge in [0.25, 0.3) is 6.43 Å². The predicted octanol–water partition coefficient (Wildman–Crippen LogP) is 2.72. The van der Waals surface area contributed by atoms with Crippen LogP contribution < -0.4 is 5.32 Å². The highest BCUT2D eigenvalue weighted by Gasteiger charge is 2.12. The van der Waals surface area contributed by atoms with Crippen LogP contribution in [-0.4, -0.2) is 31.5 Å². The average molecular weight is 260 g/mol. The lowest BCUT2D eigenvalue weighted by atomic mass is 10.2. The summed E-state index contributed by atoms with van der Waals surface area (Å²) in [6, 6.07) is 1.84. The Kier molecular flexibility index (Phi) is 6.29. The van der Waals surface area contributed by atoms with Gasteiger partial charge in [-0.2, -0.15) is 0 Å². The monoisotopic (exact) mass is 260 g/mol. The molecule has 1 aromatic heterocycles. The molecule has 1 N–H and O–H groups in total. The zero-order valence-corrected chi connectivity index (χ0v) is 11.2. The van der Waals surface area contributed by atoms with Crippen molar-refractivity contribution in [3.05, 3.63) is 23.7 Å². The van der Waals surface area contributed by atoms with E-state index in [1.807, 2.05) is 6.07 Å². The van der Waals surface area contributed by atoms with E-state index in [4.69, 9.17) is 4.42 Å². The smallest absolute Gasteiger partial charge is 0.251 e. The van der Waals surface area contributed by atoms with Gasteiger partial charge in [-0.05, 0) is 25.6 Å². The molecular weight excluding hydrogens is 238 g/mol. The van der Waals surface area contributed by atoms with Crippen LogP contribution in [0.2, 0.25) is 0 Å². The van der Waals surface area contributed by atoms with Crippen LogP contribution in [0, 0.1) is 5.92 Å². The fraction of sp³-hybridized carbons (Fsp3) is 0.692. The average Bonchev–Trinajstić information content (AvgIpc) is 2.63. The molecule has 104 valence electrons. The van der Waals surface area contributed by atoms with Gasteiger partial charge in [-0.1, -0.05) is 13.8 Å². The molecule has 0 aliphatic heterocycles. The summed E-state index contributed by atoms with van der Waals surface area (Å²) < 4.78 is 29.8. The number of alkyl halides is 2. The van der Waals surface area contributed by atoms with E-state index >= 15 is 0 Å². The van der Waals surface area contributed by atoms with Crippen molar-refractivity contribution in [2.45, 2.75) is 33.4 Å². The molecule has 1 rings (SSSR count). The Hall–Kier alpha value is -0.940. The SMILES string of the molecule is CC(C)CNCc1occc1CN(C)CC(F)F. The van der Waals surface area contributed by atoms with Gasteiger partial charge in [0.15, 0.2) is 0 Å². The fourth-order valence-electron chi connectivity index (χ4n) is 1.73. The van der Waals surface area contributed by atoms with Gasteiger partial charge >= 0.3 is 0 Å². The Bertz CT molecular complexity index is 339. The molecule has 0 unspecified atom stereocenters. The highest BCUT2D eigenvalue weighted by atomic mass is 19.3. The third kappa shape index (κ3) is 5.60. The molecule has 0 radical (unpaired) electrons. The predicted molar refractivity (Wildman–Crippen MR) is 67.6 cm³/mol. The summed E-state index contributed by atoms with van der Waals surface area (Å²) in [5.74, 6) is 1.40. The van der Waals surface area contributed by atoms with Crippen LogP contribution in [0.1, 0.15) is 25.2 Å². The highest BCUT2D eigenvalue weighted by Crippen LogP contribution is 2.13. The van der Waals surface area contributed by atoms with E-state index in [0.29, 0.717) is 19.0 Å². The van der Waals surface area contributed by atoms with Crippen LogP contribution in [0.5, 0.6) is 0 Å². The first kappa shape index (κ1) is 15.1. The molecule has 0 saturated carbocycles. The number of furan rings is 1. The second-order valence-corrected chi connectivity index (χ2v) is 4.98. The molecule has 0 amide bonds. The van der Waals surface area contributed by atoms with E-state index in [9.17, 15) is 8.78 Å². The van der Waals surface area contributed by atoms with Crippen molar-refractivity contribution in [2.75, 3.05) is 20.1 Å². The summed E-state index contributed by atoms with van der Waals surface area (Å²) >= 11 is 0. The molecule has 0 atom stereocenters. The van der Waals surface area contributed by atoms with E-state index in [2.05, 4.69) is 19.2 Å². The molecule has 0 saturated heterocycles. The number of rotatable bonds is 8. The van der Waals surface area contributed by atoms with Crippen LogP contribution in [0.15, 0.2) is 16.7 Å². The Morgan fingerprint density at radius 1 is 1.39 bits per heavy atom. The van der Waals surface area contributed by atoms with E-state index in [1.165, 1.54) is 0 Å². The molecule has 0 aliphatic carbocycles. The van der Waals surface area contributed by atoms with Crippen LogP contribution >= 0.6 is 0 Å². The lowest BCUT2D eigenvalue weighted by Gasteiger charge is -2.16. The molecule has 0 spiro atoms. The standard InChI is InChI=1S/C13H22F2N2O/c1-10(2)6-16-7-12-11(4-5-18-12)8-17(3)9-13(14)15/h4-5,10,13,16H,6-9H2,1-3H3. The minimum Gasteiger partial charge on any atom is -0.468 e. The van der Waals surface area contributed by atoms with Crippen molar-refractivity contribution >= 4 is 0 Å². The van der Waals surface area contributed by atoms with Crippen molar-refractivity contribution in [3.8, 4) is 0 Å². The van der Waals surface area contributed by atoms with Crippen molar-refractivity contribution < 1.29 is 13.2 Å². The van der Waals surface area contributed by atoms with Crippen molar-refractivity contribution in [1.82, 2.24) is 10.2 Å². The number of nitrogens with zero attached hydrogens (tertiary/aromatic N) is 1. The molecule has 0 bridgehead atoms. The largest absolute Gasteiger partial charge is 0.468 e. The molecule has 0 aliphatic rings. The zero-order chi connectivity index (χ0) is 13.5. The zero-order valence-electron chi connectivity index (χ0n) is 11.2. The summed E-state index contributed by atoms with van der Waals surface area (Å²) in [5.41, 5.74) is 0.967. The van der Waals surface area contributed by atoms with Crippen molar-refractivity contribution in [3.63, 3.8) is 0 Å². The first-order valence-electron chi connectivity index (χ1n) is 6.21. The normalized spacial score (nSPS) is 12.0. The molecular formula is C13H22F2N2O. The highest BCUT2D eigenvalue weighted by molar-refractivity contribution is 5.16. The van der Waals surface area contributed by atoms with Gasteiger partial charge in [0.05, 0.1) is 19.4 Å². The molecule has 0 aromatic carbocycles. The van der Waals surface area contributed by atoms with Gasteiger partial charge in [0.2, 0.25) is 0 Å². The molecule has 1 aromatic rings. The van der Waals surface area contributed by atoms with E-state index in [-0.39, 0.29) is 6.54 Å². The van der Waals surface area contributed by atoms with Crippen molar-refractivity contribution in [1.29, 1.82) is 0 Å². The molecule has 3 nitrogen and oxygen atoms in total. The summed E-state index contributed by atoms with van der Waals surface area (Å²) in [6.45, 7) is 6.08. The van der Waals surface area contributed by atoms with Crippen LogP contribution in [0.4, 0.5) is 8.78 Å². The lowest BCUT2D eigenvalue weighted by molar-refractivity contribution is 0.0973. The van der Waals surface area contributed by atoms with E-state index in [1.54, 1.807) is 18.2 Å². The third-order valence-electron chi connectivity index (χ3n) is 2.57. The topological polar surface area (TPSA) is 28.4 Å². The third-order valence-corrected chi connectivity index (χ3v) is 2.57. The van der Waals surface area contributed by atoms with Gasteiger partial charge in [0.1, 0.15) is 5.76 Å². The summed E-state index contributed by atoms with van der Waals surface area (Å²) in [6.07, 6.45) is -0.692.